The molecule has 0 aliphatic carbocycles. The Bertz CT molecular complexity index is 568. The fourth-order valence-electron chi connectivity index (χ4n) is 1.98. The molecule has 0 atom stereocenters. The van der Waals surface area contributed by atoms with Crippen LogP contribution in [0.3, 0.4) is 0 Å². The Balaban J connectivity index is 2.41. The van der Waals surface area contributed by atoms with Gasteiger partial charge in [-0.2, -0.15) is 0 Å². The summed E-state index contributed by atoms with van der Waals surface area (Å²) in [7, 11) is 4.02. The molecule has 0 amide bonds. The number of anilines is 1. The van der Waals surface area contributed by atoms with Crippen LogP contribution >= 0.6 is 0 Å². The monoisotopic (exact) mass is 251 g/mol. The highest BCUT2D eigenvalue weighted by Gasteiger charge is 2.04. The van der Waals surface area contributed by atoms with E-state index in [1.165, 1.54) is 0 Å². The first-order valence-corrected chi connectivity index (χ1v) is 6.21. The van der Waals surface area contributed by atoms with Crippen molar-refractivity contribution in [3.05, 3.63) is 71.8 Å². The Morgan fingerprint density at radius 1 is 0.895 bits per heavy atom. The van der Waals surface area contributed by atoms with Gasteiger partial charge in [0.2, 0.25) is 0 Å². The van der Waals surface area contributed by atoms with Crippen LogP contribution in [-0.2, 0) is 4.79 Å². The van der Waals surface area contributed by atoms with E-state index in [2.05, 4.69) is 17.0 Å². The van der Waals surface area contributed by atoms with Crippen LogP contribution in [-0.4, -0.2) is 20.4 Å². The predicted molar refractivity (Wildman–Crippen MR) is 80.4 cm³/mol. The number of benzene rings is 2. The highest BCUT2D eigenvalue weighted by atomic mass is 16.1. The topological polar surface area (TPSA) is 20.3 Å². The van der Waals surface area contributed by atoms with Crippen LogP contribution in [0.2, 0.25) is 0 Å². The molecule has 0 unspecified atom stereocenters. The third-order valence-corrected chi connectivity index (χ3v) is 3.01. The molecule has 0 N–H and O–H groups in total. The third-order valence-electron chi connectivity index (χ3n) is 3.01. The molecule has 0 bridgehead atoms. The standard InChI is InChI=1S/C17H17NO/c1-18(2)16-10-8-15(9-11-16)17(12-13-19)14-6-4-3-5-7-14/h3-13H,1-2H3/b17-12+. The van der Waals surface area contributed by atoms with Gasteiger partial charge in [0.25, 0.3) is 0 Å². The quantitative estimate of drug-likeness (QED) is 0.613. The molecule has 0 spiro atoms. The molecule has 0 radical (unpaired) electrons. The minimum atomic E-state index is 0.836. The molecule has 2 heteroatoms. The number of carbonyl (C=O) groups is 1. The number of hydrogen-bond donors (Lipinski definition) is 0. The number of carbonyl (C=O) groups excluding carboxylic acids is 1. The van der Waals surface area contributed by atoms with Crippen molar-refractivity contribution < 1.29 is 4.79 Å². The first-order chi connectivity index (χ1) is 9.22. The maximum atomic E-state index is 10.9. The number of rotatable bonds is 4. The molecule has 2 nitrogen and oxygen atoms in total. The van der Waals surface area contributed by atoms with Gasteiger partial charge in [-0.05, 0) is 34.9 Å². The van der Waals surface area contributed by atoms with E-state index in [0.29, 0.717) is 0 Å². The van der Waals surface area contributed by atoms with Crippen LogP contribution < -0.4 is 4.90 Å². The molecule has 0 aromatic heterocycles. The average Bonchev–Trinajstić information content (AvgIpc) is 2.46. The average molecular weight is 251 g/mol. The zero-order valence-electron chi connectivity index (χ0n) is 11.2. The van der Waals surface area contributed by atoms with Gasteiger partial charge in [0.05, 0.1) is 0 Å². The third kappa shape index (κ3) is 3.10. The summed E-state index contributed by atoms with van der Waals surface area (Å²) in [6.07, 6.45) is 2.45. The van der Waals surface area contributed by atoms with Crippen molar-refractivity contribution in [2.45, 2.75) is 0 Å². The van der Waals surface area contributed by atoms with Crippen molar-refractivity contribution >= 4 is 17.5 Å². The second-order valence-corrected chi connectivity index (χ2v) is 4.52. The number of allylic oxidation sites excluding steroid dienone is 1. The summed E-state index contributed by atoms with van der Waals surface area (Å²) in [5.74, 6) is 0. The largest absolute Gasteiger partial charge is 0.378 e. The highest BCUT2D eigenvalue weighted by Crippen LogP contribution is 2.24. The SMILES string of the molecule is CN(C)c1ccc(/C(=C/C=O)c2ccccc2)cc1. The molecule has 0 fully saturated rings. The molecule has 0 saturated heterocycles. The molecule has 0 saturated carbocycles. The van der Waals surface area contributed by atoms with Crippen molar-refractivity contribution in [3.63, 3.8) is 0 Å². The molecular weight excluding hydrogens is 234 g/mol. The minimum Gasteiger partial charge on any atom is -0.378 e. The van der Waals surface area contributed by atoms with Crippen molar-refractivity contribution in [1.29, 1.82) is 0 Å². The second kappa shape index (κ2) is 6.01. The Kier molecular flexibility index (Phi) is 4.14. The maximum absolute atomic E-state index is 10.9. The molecule has 0 aliphatic heterocycles. The summed E-state index contributed by atoms with van der Waals surface area (Å²) in [6.45, 7) is 0. The molecule has 19 heavy (non-hydrogen) atoms. The molecule has 0 heterocycles. The summed E-state index contributed by atoms with van der Waals surface area (Å²) in [6, 6.07) is 18.1. The predicted octanol–water partition coefficient (Wildman–Crippen LogP) is 3.38. The number of hydrogen-bond acceptors (Lipinski definition) is 2. The molecule has 0 aliphatic rings. The van der Waals surface area contributed by atoms with E-state index < -0.39 is 0 Å². The van der Waals surface area contributed by atoms with Gasteiger partial charge in [-0.1, -0.05) is 42.5 Å². The van der Waals surface area contributed by atoms with E-state index in [-0.39, 0.29) is 0 Å². The van der Waals surface area contributed by atoms with Gasteiger partial charge in [-0.15, -0.1) is 0 Å². The van der Waals surface area contributed by atoms with Gasteiger partial charge in [0.1, 0.15) is 6.29 Å². The summed E-state index contributed by atoms with van der Waals surface area (Å²) in [5, 5.41) is 0. The summed E-state index contributed by atoms with van der Waals surface area (Å²) >= 11 is 0. The Morgan fingerprint density at radius 3 is 2.00 bits per heavy atom. The van der Waals surface area contributed by atoms with Crippen LogP contribution in [0, 0.1) is 0 Å². The van der Waals surface area contributed by atoms with Crippen LogP contribution in [0.1, 0.15) is 11.1 Å². The van der Waals surface area contributed by atoms with Crippen molar-refractivity contribution in [3.8, 4) is 0 Å². The number of aldehydes is 1. The summed E-state index contributed by atoms with van der Waals surface area (Å²) in [4.78, 5) is 12.9. The van der Waals surface area contributed by atoms with Gasteiger partial charge in [-0.3, -0.25) is 4.79 Å². The van der Waals surface area contributed by atoms with E-state index in [9.17, 15) is 4.79 Å². The second-order valence-electron chi connectivity index (χ2n) is 4.52. The summed E-state index contributed by atoms with van der Waals surface area (Å²) < 4.78 is 0. The van der Waals surface area contributed by atoms with Gasteiger partial charge >= 0.3 is 0 Å². The van der Waals surface area contributed by atoms with Crippen molar-refractivity contribution in [2.24, 2.45) is 0 Å². The molecular formula is C17H17NO. The van der Waals surface area contributed by atoms with E-state index >= 15 is 0 Å². The van der Waals surface area contributed by atoms with Crippen LogP contribution in [0.5, 0.6) is 0 Å². The summed E-state index contributed by atoms with van der Waals surface area (Å²) in [5.41, 5.74) is 4.18. The Labute approximate surface area is 114 Å². The molecule has 2 rings (SSSR count). The molecule has 2 aromatic carbocycles. The molecule has 96 valence electrons. The van der Waals surface area contributed by atoms with Gasteiger partial charge in [-0.25, -0.2) is 0 Å². The van der Waals surface area contributed by atoms with Crippen LogP contribution in [0.4, 0.5) is 5.69 Å². The normalized spacial score (nSPS) is 11.2. The van der Waals surface area contributed by atoms with E-state index in [0.717, 1.165) is 28.7 Å². The fraction of sp³-hybridized carbons (Fsp3) is 0.118. The highest BCUT2D eigenvalue weighted by molar-refractivity contribution is 5.89. The van der Waals surface area contributed by atoms with Crippen molar-refractivity contribution in [2.75, 3.05) is 19.0 Å². The van der Waals surface area contributed by atoms with Crippen molar-refractivity contribution in [1.82, 2.24) is 0 Å². The zero-order valence-corrected chi connectivity index (χ0v) is 11.2. The smallest absolute Gasteiger partial charge is 0.143 e. The Hall–Kier alpha value is -2.35. The maximum Gasteiger partial charge on any atom is 0.143 e. The van der Waals surface area contributed by atoms with E-state index in [4.69, 9.17) is 0 Å². The first-order valence-electron chi connectivity index (χ1n) is 6.21. The van der Waals surface area contributed by atoms with Gasteiger partial charge in [0, 0.05) is 19.8 Å². The van der Waals surface area contributed by atoms with Crippen LogP contribution in [0.25, 0.3) is 5.57 Å². The van der Waals surface area contributed by atoms with Gasteiger partial charge in [0.15, 0.2) is 0 Å². The Morgan fingerprint density at radius 2 is 1.47 bits per heavy atom. The zero-order chi connectivity index (χ0) is 13.7. The lowest BCUT2D eigenvalue weighted by Crippen LogP contribution is -2.08. The first kappa shape index (κ1) is 13.1. The minimum absolute atomic E-state index is 0.836. The fourth-order valence-corrected chi connectivity index (χ4v) is 1.98. The lowest BCUT2D eigenvalue weighted by molar-refractivity contribution is -0.104. The van der Waals surface area contributed by atoms with Gasteiger partial charge < -0.3 is 4.90 Å². The lowest BCUT2D eigenvalue weighted by atomic mass is 9.97. The van der Waals surface area contributed by atoms with E-state index in [1.54, 1.807) is 6.08 Å². The van der Waals surface area contributed by atoms with E-state index in [1.807, 2.05) is 56.6 Å². The number of nitrogens with zero attached hydrogens (tertiary/aromatic N) is 1. The van der Waals surface area contributed by atoms with Crippen LogP contribution in [0.15, 0.2) is 60.7 Å². The lowest BCUT2D eigenvalue weighted by Gasteiger charge is -2.14. The molecule has 2 aromatic rings.